The first kappa shape index (κ1) is 22.2. The lowest BCUT2D eigenvalue weighted by Gasteiger charge is -2.20. The molecule has 0 bridgehead atoms. The van der Waals surface area contributed by atoms with Crippen LogP contribution in [0.5, 0.6) is 0 Å². The maximum atomic E-state index is 13.2. The van der Waals surface area contributed by atoms with E-state index >= 15 is 0 Å². The van der Waals surface area contributed by atoms with Crippen LogP contribution in [0.25, 0.3) is 17.3 Å². The van der Waals surface area contributed by atoms with Crippen molar-refractivity contribution in [3.8, 4) is 11.3 Å². The van der Waals surface area contributed by atoms with Crippen molar-refractivity contribution in [2.24, 2.45) is 0 Å². The average Bonchev–Trinajstić information content (AvgIpc) is 3.53. The first-order chi connectivity index (χ1) is 16.1. The van der Waals surface area contributed by atoms with E-state index < -0.39 is 18.5 Å². The standard InChI is InChI=1S/C25H19FN2O4S/c26-20-10-8-19(9-11-20)22-17-33-25(27-22)28(15-18-5-2-1-3-6-18)23(29)16-32-24(30)13-12-21-7-4-14-31-21/h1-14,17H,15-16H2/b13-12+. The first-order valence-corrected chi connectivity index (χ1v) is 10.9. The van der Waals surface area contributed by atoms with Crippen LogP contribution in [0.15, 0.2) is 88.9 Å². The first-order valence-electron chi connectivity index (χ1n) is 10.0. The van der Waals surface area contributed by atoms with Crippen LogP contribution in [0.1, 0.15) is 11.3 Å². The molecule has 4 rings (SSSR count). The normalized spacial score (nSPS) is 10.9. The molecule has 1 amide bonds. The molecule has 33 heavy (non-hydrogen) atoms. The molecule has 0 saturated carbocycles. The Labute approximate surface area is 193 Å². The number of carbonyl (C=O) groups is 2. The summed E-state index contributed by atoms with van der Waals surface area (Å²) in [6, 6.07) is 18.8. The van der Waals surface area contributed by atoms with Crippen molar-refractivity contribution in [2.45, 2.75) is 6.54 Å². The zero-order chi connectivity index (χ0) is 23.0. The van der Waals surface area contributed by atoms with Gasteiger partial charge in [0.05, 0.1) is 18.5 Å². The summed E-state index contributed by atoms with van der Waals surface area (Å²) in [6.45, 7) is -0.185. The Kier molecular flexibility index (Phi) is 7.06. The van der Waals surface area contributed by atoms with Gasteiger partial charge in [0.15, 0.2) is 11.7 Å². The van der Waals surface area contributed by atoms with Gasteiger partial charge in [-0.05, 0) is 48.0 Å². The second kappa shape index (κ2) is 10.5. The molecular formula is C25H19FN2O4S. The zero-order valence-corrected chi connectivity index (χ0v) is 18.2. The van der Waals surface area contributed by atoms with E-state index in [1.165, 1.54) is 46.8 Å². The van der Waals surface area contributed by atoms with Gasteiger partial charge in [0.2, 0.25) is 0 Å². The molecule has 0 aliphatic carbocycles. The summed E-state index contributed by atoms with van der Waals surface area (Å²) in [5.41, 5.74) is 2.26. The number of amides is 1. The maximum absolute atomic E-state index is 13.2. The van der Waals surface area contributed by atoms with Gasteiger partial charge in [0.25, 0.3) is 5.91 Å². The molecule has 0 aliphatic rings. The van der Waals surface area contributed by atoms with E-state index in [0.29, 0.717) is 16.6 Å². The van der Waals surface area contributed by atoms with E-state index in [2.05, 4.69) is 4.98 Å². The molecule has 0 N–H and O–H groups in total. The number of hydrogen-bond acceptors (Lipinski definition) is 6. The third kappa shape index (κ3) is 6.02. The summed E-state index contributed by atoms with van der Waals surface area (Å²) < 4.78 is 23.5. The lowest BCUT2D eigenvalue weighted by molar-refractivity contribution is -0.142. The quantitative estimate of drug-likeness (QED) is 0.261. The van der Waals surface area contributed by atoms with E-state index in [0.717, 1.165) is 11.1 Å². The summed E-state index contributed by atoms with van der Waals surface area (Å²) in [7, 11) is 0. The molecule has 2 aromatic carbocycles. The highest BCUT2D eigenvalue weighted by Gasteiger charge is 2.21. The molecular weight excluding hydrogens is 443 g/mol. The van der Waals surface area contributed by atoms with Crippen LogP contribution in [0, 0.1) is 5.82 Å². The highest BCUT2D eigenvalue weighted by atomic mass is 32.1. The number of nitrogens with zero attached hydrogens (tertiary/aromatic N) is 2. The fraction of sp³-hybridized carbons (Fsp3) is 0.0800. The van der Waals surface area contributed by atoms with Crippen molar-refractivity contribution >= 4 is 34.4 Å². The minimum absolute atomic E-state index is 0.260. The van der Waals surface area contributed by atoms with Gasteiger partial charge in [-0.2, -0.15) is 0 Å². The Bertz CT molecular complexity index is 1240. The molecule has 166 valence electrons. The molecule has 0 radical (unpaired) electrons. The number of hydrogen-bond donors (Lipinski definition) is 0. The molecule has 0 saturated heterocycles. The van der Waals surface area contributed by atoms with E-state index in [4.69, 9.17) is 9.15 Å². The van der Waals surface area contributed by atoms with Crippen LogP contribution in [0.3, 0.4) is 0 Å². The van der Waals surface area contributed by atoms with Crippen LogP contribution in [0.4, 0.5) is 9.52 Å². The highest BCUT2D eigenvalue weighted by molar-refractivity contribution is 7.14. The van der Waals surface area contributed by atoms with Crippen LogP contribution in [-0.2, 0) is 20.9 Å². The third-order valence-electron chi connectivity index (χ3n) is 4.61. The topological polar surface area (TPSA) is 72.6 Å². The number of furan rings is 1. The predicted molar refractivity (Wildman–Crippen MR) is 124 cm³/mol. The highest BCUT2D eigenvalue weighted by Crippen LogP contribution is 2.29. The van der Waals surface area contributed by atoms with Crippen LogP contribution in [-0.4, -0.2) is 23.5 Å². The van der Waals surface area contributed by atoms with Gasteiger partial charge in [-0.25, -0.2) is 14.2 Å². The number of ether oxygens (including phenoxy) is 1. The summed E-state index contributed by atoms with van der Waals surface area (Å²) in [4.78, 5) is 31.0. The molecule has 0 aliphatic heterocycles. The second-order valence-corrected chi connectivity index (χ2v) is 7.78. The second-order valence-electron chi connectivity index (χ2n) is 6.94. The number of halogens is 1. The molecule has 2 heterocycles. The fourth-order valence-corrected chi connectivity index (χ4v) is 3.82. The van der Waals surface area contributed by atoms with Gasteiger partial charge < -0.3 is 9.15 Å². The molecule has 0 atom stereocenters. The zero-order valence-electron chi connectivity index (χ0n) is 17.4. The number of thiazole rings is 1. The monoisotopic (exact) mass is 462 g/mol. The lowest BCUT2D eigenvalue weighted by atomic mass is 10.2. The Morgan fingerprint density at radius 2 is 1.85 bits per heavy atom. The van der Waals surface area contributed by atoms with Crippen molar-refractivity contribution in [1.82, 2.24) is 4.98 Å². The van der Waals surface area contributed by atoms with Gasteiger partial charge in [-0.15, -0.1) is 11.3 Å². The Hall–Kier alpha value is -4.04. The number of benzene rings is 2. The van der Waals surface area contributed by atoms with Gasteiger partial charge in [0, 0.05) is 17.0 Å². The minimum Gasteiger partial charge on any atom is -0.465 e. The largest absolute Gasteiger partial charge is 0.465 e. The van der Waals surface area contributed by atoms with Crippen molar-refractivity contribution in [2.75, 3.05) is 11.5 Å². The molecule has 4 aromatic rings. The number of anilines is 1. The number of carbonyl (C=O) groups excluding carboxylic acids is 2. The third-order valence-corrected chi connectivity index (χ3v) is 5.48. The Morgan fingerprint density at radius 3 is 2.58 bits per heavy atom. The molecule has 2 aromatic heterocycles. The molecule has 0 spiro atoms. The molecule has 6 nitrogen and oxygen atoms in total. The average molecular weight is 463 g/mol. The number of esters is 1. The Balaban J connectivity index is 1.49. The van der Waals surface area contributed by atoms with Crippen molar-refractivity contribution < 1.29 is 23.1 Å². The van der Waals surface area contributed by atoms with Crippen LogP contribution in [0.2, 0.25) is 0 Å². The molecule has 8 heteroatoms. The summed E-state index contributed by atoms with van der Waals surface area (Å²) in [6.07, 6.45) is 4.15. The maximum Gasteiger partial charge on any atom is 0.331 e. The van der Waals surface area contributed by atoms with Gasteiger partial charge in [-0.3, -0.25) is 9.69 Å². The predicted octanol–water partition coefficient (Wildman–Crippen LogP) is 5.33. The van der Waals surface area contributed by atoms with Crippen molar-refractivity contribution in [3.05, 3.63) is 102 Å². The van der Waals surface area contributed by atoms with Gasteiger partial charge in [-0.1, -0.05) is 30.3 Å². The van der Waals surface area contributed by atoms with Crippen molar-refractivity contribution in [3.63, 3.8) is 0 Å². The SMILES string of the molecule is O=C(/C=C/c1ccco1)OCC(=O)N(Cc1ccccc1)c1nc(-c2ccc(F)cc2)cs1. The fourth-order valence-electron chi connectivity index (χ4n) is 2.97. The van der Waals surface area contributed by atoms with Crippen LogP contribution < -0.4 is 4.90 Å². The smallest absolute Gasteiger partial charge is 0.331 e. The number of rotatable bonds is 8. The van der Waals surface area contributed by atoms with E-state index in [-0.39, 0.29) is 12.4 Å². The number of aromatic nitrogens is 1. The molecule has 0 fully saturated rings. The van der Waals surface area contributed by atoms with Gasteiger partial charge in [0.1, 0.15) is 11.6 Å². The minimum atomic E-state index is -0.662. The van der Waals surface area contributed by atoms with Gasteiger partial charge >= 0.3 is 5.97 Å². The molecule has 0 unspecified atom stereocenters. The Morgan fingerprint density at radius 1 is 1.06 bits per heavy atom. The summed E-state index contributed by atoms with van der Waals surface area (Å²) in [5.74, 6) is -0.915. The van der Waals surface area contributed by atoms with Crippen LogP contribution >= 0.6 is 11.3 Å². The van der Waals surface area contributed by atoms with E-state index in [1.807, 2.05) is 30.3 Å². The summed E-state index contributed by atoms with van der Waals surface area (Å²) in [5, 5.41) is 2.25. The van der Waals surface area contributed by atoms with E-state index in [9.17, 15) is 14.0 Å². The van der Waals surface area contributed by atoms with Crippen molar-refractivity contribution in [1.29, 1.82) is 0 Å². The van der Waals surface area contributed by atoms with E-state index in [1.54, 1.807) is 29.6 Å². The lowest BCUT2D eigenvalue weighted by Crippen LogP contribution is -2.34. The summed E-state index contributed by atoms with van der Waals surface area (Å²) >= 11 is 1.28.